The lowest BCUT2D eigenvalue weighted by atomic mass is 10.0. The van der Waals surface area contributed by atoms with Gasteiger partial charge in [0.05, 0.1) is 6.61 Å². The summed E-state index contributed by atoms with van der Waals surface area (Å²) >= 11 is 0. The molecule has 0 aromatic heterocycles. The summed E-state index contributed by atoms with van der Waals surface area (Å²) in [5.41, 5.74) is 0.892. The van der Waals surface area contributed by atoms with Crippen LogP contribution in [0, 0.1) is 11.7 Å². The first kappa shape index (κ1) is 10.0. The molecule has 0 unspecified atom stereocenters. The predicted octanol–water partition coefficient (Wildman–Crippen LogP) is 3.19. The Kier molecular flexibility index (Phi) is 3.29. The Morgan fingerprint density at radius 2 is 2.00 bits per heavy atom. The van der Waals surface area contributed by atoms with Gasteiger partial charge in [-0.15, -0.1) is 0 Å². The maximum Gasteiger partial charge on any atom is 0.127 e. The number of ether oxygens (including phenoxy) is 1. The summed E-state index contributed by atoms with van der Waals surface area (Å²) < 4.78 is 18.2. The average molecular weight is 181 g/mol. The highest BCUT2D eigenvalue weighted by atomic mass is 19.1. The van der Waals surface area contributed by atoms with Crippen LogP contribution in [0.15, 0.2) is 18.2 Å². The summed E-state index contributed by atoms with van der Waals surface area (Å²) in [6.45, 7) is 6.34. The van der Waals surface area contributed by atoms with Crippen LogP contribution in [0.5, 0.6) is 5.75 Å². The molecule has 1 radical (unpaired) electrons. The van der Waals surface area contributed by atoms with E-state index in [1.54, 1.807) is 0 Å². The Bertz CT molecular complexity index is 281. The van der Waals surface area contributed by atoms with Gasteiger partial charge in [-0.1, -0.05) is 13.8 Å². The van der Waals surface area contributed by atoms with Crippen molar-refractivity contribution in [1.29, 1.82) is 0 Å². The molecule has 0 bridgehead atoms. The van der Waals surface area contributed by atoms with E-state index < -0.39 is 0 Å². The second-order valence-electron chi connectivity index (χ2n) is 3.11. The van der Waals surface area contributed by atoms with Crippen LogP contribution in [0.4, 0.5) is 4.39 Å². The molecule has 0 saturated heterocycles. The van der Waals surface area contributed by atoms with Crippen molar-refractivity contribution in [3.05, 3.63) is 35.5 Å². The van der Waals surface area contributed by atoms with E-state index in [0.717, 1.165) is 11.5 Å². The molecule has 1 rings (SSSR count). The van der Waals surface area contributed by atoms with Gasteiger partial charge in [-0.3, -0.25) is 0 Å². The average Bonchev–Trinajstić information content (AvgIpc) is 2.03. The molecule has 0 N–H and O–H groups in total. The van der Waals surface area contributed by atoms with E-state index in [1.807, 2.05) is 26.8 Å². The second kappa shape index (κ2) is 4.26. The summed E-state index contributed by atoms with van der Waals surface area (Å²) in [6, 6.07) is 4.76. The van der Waals surface area contributed by atoms with Gasteiger partial charge in [0.15, 0.2) is 0 Å². The highest BCUT2D eigenvalue weighted by Gasteiger charge is 2.04. The first-order valence-electron chi connectivity index (χ1n) is 4.37. The molecule has 2 heteroatoms. The number of benzene rings is 1. The minimum Gasteiger partial charge on any atom is -0.494 e. The smallest absolute Gasteiger partial charge is 0.127 e. The monoisotopic (exact) mass is 181 g/mol. The Morgan fingerprint density at radius 3 is 2.54 bits per heavy atom. The molecule has 0 amide bonds. The van der Waals surface area contributed by atoms with Crippen LogP contribution in [0.3, 0.4) is 0 Å². The second-order valence-corrected chi connectivity index (χ2v) is 3.11. The van der Waals surface area contributed by atoms with Crippen molar-refractivity contribution >= 4 is 0 Å². The van der Waals surface area contributed by atoms with Crippen LogP contribution in [-0.4, -0.2) is 6.61 Å². The lowest BCUT2D eigenvalue weighted by Crippen LogP contribution is -1.95. The van der Waals surface area contributed by atoms with Crippen molar-refractivity contribution in [3.63, 3.8) is 0 Å². The van der Waals surface area contributed by atoms with Crippen LogP contribution >= 0.6 is 0 Å². The van der Waals surface area contributed by atoms with Crippen LogP contribution in [0.1, 0.15) is 26.3 Å². The summed E-state index contributed by atoms with van der Waals surface area (Å²) in [6.07, 6.45) is 0. The predicted molar refractivity (Wildman–Crippen MR) is 51.3 cm³/mol. The largest absolute Gasteiger partial charge is 0.494 e. The molecule has 1 aromatic carbocycles. The standard InChI is InChI=1S/C11H14FO/c1-4-13-11-6-9(8(2)3)5-10(12)7-11/h5-7H,4H2,1-3H3. The SMILES string of the molecule is CCOc1cc(F)cc([C](C)C)c1. The normalized spacial score (nSPS) is 10.5. The fraction of sp³-hybridized carbons (Fsp3) is 0.364. The lowest BCUT2D eigenvalue weighted by Gasteiger charge is -2.08. The molecular formula is C11H14FO. The van der Waals surface area contributed by atoms with Crippen molar-refractivity contribution in [2.75, 3.05) is 6.61 Å². The Morgan fingerprint density at radius 1 is 1.31 bits per heavy atom. The van der Waals surface area contributed by atoms with Gasteiger partial charge in [0.25, 0.3) is 0 Å². The maximum atomic E-state index is 13.0. The molecule has 0 spiro atoms. The number of hydrogen-bond donors (Lipinski definition) is 0. The van der Waals surface area contributed by atoms with Gasteiger partial charge in [0, 0.05) is 6.07 Å². The van der Waals surface area contributed by atoms with Gasteiger partial charge in [0.1, 0.15) is 11.6 Å². The van der Waals surface area contributed by atoms with E-state index in [4.69, 9.17) is 4.74 Å². The van der Waals surface area contributed by atoms with E-state index >= 15 is 0 Å². The highest BCUT2D eigenvalue weighted by Crippen LogP contribution is 2.21. The van der Waals surface area contributed by atoms with E-state index in [1.165, 1.54) is 12.1 Å². The molecule has 0 fully saturated rings. The third-order valence-corrected chi connectivity index (χ3v) is 1.76. The van der Waals surface area contributed by atoms with E-state index in [9.17, 15) is 4.39 Å². The first-order valence-corrected chi connectivity index (χ1v) is 4.37. The first-order chi connectivity index (χ1) is 6.13. The van der Waals surface area contributed by atoms with Gasteiger partial charge in [-0.05, 0) is 30.5 Å². The third-order valence-electron chi connectivity index (χ3n) is 1.76. The van der Waals surface area contributed by atoms with Crippen molar-refractivity contribution in [1.82, 2.24) is 0 Å². The van der Waals surface area contributed by atoms with Crippen LogP contribution in [0.2, 0.25) is 0 Å². The van der Waals surface area contributed by atoms with Crippen LogP contribution in [0.25, 0.3) is 0 Å². The molecule has 1 aromatic rings. The van der Waals surface area contributed by atoms with Gasteiger partial charge in [-0.2, -0.15) is 0 Å². The maximum absolute atomic E-state index is 13.0. The zero-order valence-electron chi connectivity index (χ0n) is 8.23. The third kappa shape index (κ3) is 2.72. The van der Waals surface area contributed by atoms with Gasteiger partial charge in [-0.25, -0.2) is 4.39 Å². The molecule has 0 aliphatic carbocycles. The lowest BCUT2D eigenvalue weighted by molar-refractivity contribution is 0.338. The molecule has 0 aliphatic heterocycles. The highest BCUT2D eigenvalue weighted by molar-refractivity contribution is 5.36. The van der Waals surface area contributed by atoms with Gasteiger partial charge >= 0.3 is 0 Å². The fourth-order valence-electron chi connectivity index (χ4n) is 1.10. The number of halogens is 1. The van der Waals surface area contributed by atoms with Crippen molar-refractivity contribution in [3.8, 4) is 5.75 Å². The minimum atomic E-state index is -0.248. The number of rotatable bonds is 3. The molecule has 0 aliphatic rings. The molecule has 1 nitrogen and oxygen atoms in total. The van der Waals surface area contributed by atoms with Crippen LogP contribution in [-0.2, 0) is 0 Å². The van der Waals surface area contributed by atoms with E-state index in [0.29, 0.717) is 12.4 Å². The topological polar surface area (TPSA) is 9.23 Å². The Balaban J connectivity index is 2.96. The van der Waals surface area contributed by atoms with Gasteiger partial charge < -0.3 is 4.74 Å². The van der Waals surface area contributed by atoms with E-state index in [2.05, 4.69) is 0 Å². The molecular weight excluding hydrogens is 167 g/mol. The quantitative estimate of drug-likeness (QED) is 0.695. The number of hydrogen-bond acceptors (Lipinski definition) is 1. The summed E-state index contributed by atoms with van der Waals surface area (Å²) in [7, 11) is 0. The van der Waals surface area contributed by atoms with Gasteiger partial charge in [0.2, 0.25) is 0 Å². The van der Waals surface area contributed by atoms with E-state index in [-0.39, 0.29) is 5.82 Å². The van der Waals surface area contributed by atoms with Crippen molar-refractivity contribution in [2.24, 2.45) is 0 Å². The van der Waals surface area contributed by atoms with Crippen molar-refractivity contribution < 1.29 is 9.13 Å². The fourth-order valence-corrected chi connectivity index (χ4v) is 1.10. The molecule has 0 saturated carbocycles. The minimum absolute atomic E-state index is 0.248. The zero-order valence-corrected chi connectivity index (χ0v) is 8.23. The Hall–Kier alpha value is -1.05. The summed E-state index contributed by atoms with van der Waals surface area (Å²) in [5, 5.41) is 0. The zero-order chi connectivity index (χ0) is 9.84. The molecule has 0 atom stereocenters. The van der Waals surface area contributed by atoms with Crippen LogP contribution < -0.4 is 4.74 Å². The van der Waals surface area contributed by atoms with Crippen molar-refractivity contribution in [2.45, 2.75) is 20.8 Å². The summed E-state index contributed by atoms with van der Waals surface area (Å²) in [5.74, 6) is 1.43. The Labute approximate surface area is 78.5 Å². The molecule has 71 valence electrons. The summed E-state index contributed by atoms with van der Waals surface area (Å²) in [4.78, 5) is 0. The molecule has 13 heavy (non-hydrogen) atoms. The molecule has 0 heterocycles.